The van der Waals surface area contributed by atoms with Crippen LogP contribution in [0.15, 0.2) is 30.3 Å². The third-order valence-corrected chi connectivity index (χ3v) is 5.69. The van der Waals surface area contributed by atoms with E-state index in [0.717, 1.165) is 56.3 Å². The number of amides is 1. The molecule has 1 aromatic heterocycles. The first kappa shape index (κ1) is 18.8. The van der Waals surface area contributed by atoms with Crippen LogP contribution in [0.2, 0.25) is 0 Å². The Morgan fingerprint density at radius 3 is 2.77 bits per heavy atom. The van der Waals surface area contributed by atoms with E-state index in [-0.39, 0.29) is 6.04 Å². The molecule has 3 rings (SSSR count). The Hall–Kier alpha value is -1.95. The SMILES string of the molecule is CCCCCC(=O)N1CCN(c2nc(Cc3ccccc3)ns2)CC1C. The highest BCUT2D eigenvalue weighted by Crippen LogP contribution is 2.23. The minimum absolute atomic E-state index is 0.222. The monoisotopic (exact) mass is 372 g/mol. The number of carbonyl (C=O) groups is 1. The number of rotatable bonds is 7. The summed E-state index contributed by atoms with van der Waals surface area (Å²) in [5.74, 6) is 1.18. The van der Waals surface area contributed by atoms with E-state index in [4.69, 9.17) is 4.98 Å². The number of carbonyl (C=O) groups excluding carboxylic acids is 1. The van der Waals surface area contributed by atoms with Crippen LogP contribution in [0.4, 0.5) is 5.13 Å². The lowest BCUT2D eigenvalue weighted by Gasteiger charge is -2.39. The average molecular weight is 373 g/mol. The number of piperazine rings is 1. The molecule has 0 radical (unpaired) electrons. The van der Waals surface area contributed by atoms with Crippen LogP contribution < -0.4 is 4.90 Å². The van der Waals surface area contributed by atoms with Crippen molar-refractivity contribution in [3.8, 4) is 0 Å². The molecule has 2 aromatic rings. The number of unbranched alkanes of at least 4 members (excludes halogenated alkanes) is 2. The second kappa shape index (κ2) is 9.12. The fourth-order valence-corrected chi connectivity index (χ4v) is 4.12. The third-order valence-electron chi connectivity index (χ3n) is 4.87. The van der Waals surface area contributed by atoms with Crippen LogP contribution >= 0.6 is 11.5 Å². The van der Waals surface area contributed by atoms with Gasteiger partial charge in [0, 0.05) is 50.1 Å². The van der Waals surface area contributed by atoms with E-state index in [0.29, 0.717) is 12.3 Å². The molecular formula is C20H28N4OS. The molecule has 1 amide bonds. The minimum Gasteiger partial charge on any atom is -0.343 e. The maximum atomic E-state index is 12.4. The number of anilines is 1. The zero-order chi connectivity index (χ0) is 18.4. The molecule has 1 aliphatic heterocycles. The smallest absolute Gasteiger partial charge is 0.222 e. The van der Waals surface area contributed by atoms with Crippen molar-refractivity contribution in [1.29, 1.82) is 0 Å². The van der Waals surface area contributed by atoms with Gasteiger partial charge in [-0.25, -0.2) is 4.98 Å². The van der Waals surface area contributed by atoms with E-state index in [2.05, 4.69) is 35.3 Å². The Morgan fingerprint density at radius 1 is 1.23 bits per heavy atom. The molecule has 26 heavy (non-hydrogen) atoms. The van der Waals surface area contributed by atoms with Gasteiger partial charge >= 0.3 is 0 Å². The highest BCUT2D eigenvalue weighted by Gasteiger charge is 2.28. The van der Waals surface area contributed by atoms with Crippen molar-refractivity contribution in [1.82, 2.24) is 14.3 Å². The lowest BCUT2D eigenvalue weighted by molar-refractivity contribution is -0.133. The number of hydrogen-bond donors (Lipinski definition) is 0. The van der Waals surface area contributed by atoms with E-state index in [1.165, 1.54) is 17.1 Å². The molecule has 140 valence electrons. The average Bonchev–Trinajstić information content (AvgIpc) is 3.11. The molecule has 1 aliphatic rings. The van der Waals surface area contributed by atoms with Gasteiger partial charge in [-0.2, -0.15) is 4.37 Å². The summed E-state index contributed by atoms with van der Waals surface area (Å²) >= 11 is 1.47. The molecule has 5 nitrogen and oxygen atoms in total. The van der Waals surface area contributed by atoms with E-state index in [9.17, 15) is 4.79 Å². The maximum Gasteiger partial charge on any atom is 0.222 e. The van der Waals surface area contributed by atoms with Crippen LogP contribution in [0, 0.1) is 0 Å². The Bertz CT molecular complexity index is 703. The summed E-state index contributed by atoms with van der Waals surface area (Å²) in [4.78, 5) is 21.5. The van der Waals surface area contributed by atoms with E-state index in [1.54, 1.807) is 0 Å². The Kier molecular flexibility index (Phi) is 6.61. The Morgan fingerprint density at radius 2 is 2.04 bits per heavy atom. The molecule has 1 unspecified atom stereocenters. The lowest BCUT2D eigenvalue weighted by atomic mass is 10.1. The predicted molar refractivity (Wildman–Crippen MR) is 107 cm³/mol. The van der Waals surface area contributed by atoms with Gasteiger partial charge in [0.25, 0.3) is 0 Å². The molecule has 0 spiro atoms. The molecule has 1 fully saturated rings. The fraction of sp³-hybridized carbons (Fsp3) is 0.550. The van der Waals surface area contributed by atoms with Crippen LogP contribution in [0.3, 0.4) is 0 Å². The van der Waals surface area contributed by atoms with E-state index in [1.807, 2.05) is 23.1 Å². The predicted octanol–water partition coefficient (Wildman–Crippen LogP) is 3.75. The first-order valence-electron chi connectivity index (χ1n) is 9.58. The molecule has 6 heteroatoms. The van der Waals surface area contributed by atoms with Gasteiger partial charge in [-0.3, -0.25) is 4.79 Å². The fourth-order valence-electron chi connectivity index (χ4n) is 3.40. The van der Waals surface area contributed by atoms with Crippen molar-refractivity contribution in [3.05, 3.63) is 41.7 Å². The van der Waals surface area contributed by atoms with Crippen LogP contribution in [0.25, 0.3) is 0 Å². The summed E-state index contributed by atoms with van der Waals surface area (Å²) in [5.41, 5.74) is 1.23. The molecule has 0 bridgehead atoms. The quantitative estimate of drug-likeness (QED) is 0.695. The molecule has 1 aromatic carbocycles. The maximum absolute atomic E-state index is 12.4. The van der Waals surface area contributed by atoms with Gasteiger partial charge in [0.2, 0.25) is 11.0 Å². The molecule has 0 aliphatic carbocycles. The van der Waals surface area contributed by atoms with Crippen molar-refractivity contribution < 1.29 is 4.79 Å². The van der Waals surface area contributed by atoms with Gasteiger partial charge in [-0.15, -0.1) is 0 Å². The van der Waals surface area contributed by atoms with Crippen LogP contribution in [-0.4, -0.2) is 45.8 Å². The van der Waals surface area contributed by atoms with Gasteiger partial charge in [0.05, 0.1) is 0 Å². The molecule has 1 atom stereocenters. The molecule has 0 saturated carbocycles. The van der Waals surface area contributed by atoms with Crippen LogP contribution in [-0.2, 0) is 11.2 Å². The minimum atomic E-state index is 0.222. The van der Waals surface area contributed by atoms with Gasteiger partial charge in [0.15, 0.2) is 0 Å². The summed E-state index contributed by atoms with van der Waals surface area (Å²) in [7, 11) is 0. The van der Waals surface area contributed by atoms with Crippen molar-refractivity contribution >= 4 is 22.6 Å². The first-order valence-corrected chi connectivity index (χ1v) is 10.4. The summed E-state index contributed by atoms with van der Waals surface area (Å²) < 4.78 is 4.52. The van der Waals surface area contributed by atoms with Crippen molar-refractivity contribution in [3.63, 3.8) is 0 Å². The lowest BCUT2D eigenvalue weighted by Crippen LogP contribution is -2.54. The van der Waals surface area contributed by atoms with Gasteiger partial charge in [-0.05, 0) is 18.9 Å². The number of aromatic nitrogens is 2. The summed E-state index contributed by atoms with van der Waals surface area (Å²) in [5, 5.41) is 0.973. The van der Waals surface area contributed by atoms with E-state index >= 15 is 0 Å². The normalized spacial score (nSPS) is 17.5. The summed E-state index contributed by atoms with van der Waals surface area (Å²) in [6.07, 6.45) is 4.73. The van der Waals surface area contributed by atoms with Gasteiger partial charge < -0.3 is 9.80 Å². The van der Waals surface area contributed by atoms with Crippen molar-refractivity contribution in [2.24, 2.45) is 0 Å². The Labute approximate surface area is 160 Å². The zero-order valence-electron chi connectivity index (χ0n) is 15.7. The molecule has 2 heterocycles. The number of hydrogen-bond acceptors (Lipinski definition) is 5. The number of benzene rings is 1. The second-order valence-corrected chi connectivity index (χ2v) is 7.73. The van der Waals surface area contributed by atoms with Gasteiger partial charge in [-0.1, -0.05) is 50.1 Å². The van der Waals surface area contributed by atoms with E-state index < -0.39 is 0 Å². The van der Waals surface area contributed by atoms with Crippen LogP contribution in [0.1, 0.15) is 50.9 Å². The highest BCUT2D eigenvalue weighted by molar-refractivity contribution is 7.09. The topological polar surface area (TPSA) is 49.3 Å². The standard InChI is InChI=1S/C20H28N4OS/c1-3-4-6-11-19(25)24-13-12-23(15-16(24)2)20-21-18(22-26-20)14-17-9-7-5-8-10-17/h5,7-10,16H,3-4,6,11-15H2,1-2H3. The molecular weight excluding hydrogens is 344 g/mol. The van der Waals surface area contributed by atoms with Gasteiger partial charge in [0.1, 0.15) is 5.82 Å². The highest BCUT2D eigenvalue weighted by atomic mass is 32.1. The second-order valence-electron chi connectivity index (χ2n) is 6.99. The first-order chi connectivity index (χ1) is 12.7. The number of nitrogens with zero attached hydrogens (tertiary/aromatic N) is 4. The zero-order valence-corrected chi connectivity index (χ0v) is 16.5. The van der Waals surface area contributed by atoms with Crippen LogP contribution in [0.5, 0.6) is 0 Å². The van der Waals surface area contributed by atoms with Crippen molar-refractivity contribution in [2.75, 3.05) is 24.5 Å². The van der Waals surface area contributed by atoms with Crippen molar-refractivity contribution in [2.45, 2.75) is 52.0 Å². The summed E-state index contributed by atoms with van der Waals surface area (Å²) in [6, 6.07) is 10.5. The largest absolute Gasteiger partial charge is 0.343 e. The Balaban J connectivity index is 1.55. The summed E-state index contributed by atoms with van der Waals surface area (Å²) in [6.45, 7) is 6.75. The third kappa shape index (κ3) is 4.81. The molecule has 0 N–H and O–H groups in total. The molecule has 1 saturated heterocycles.